The van der Waals surface area contributed by atoms with E-state index in [4.69, 9.17) is 5.10 Å². The van der Waals surface area contributed by atoms with Gasteiger partial charge in [-0.3, -0.25) is 14.8 Å². The second kappa shape index (κ2) is 5.58. The van der Waals surface area contributed by atoms with Crippen molar-refractivity contribution >= 4 is 33.4 Å². The van der Waals surface area contributed by atoms with Crippen LogP contribution in [0.2, 0.25) is 0 Å². The smallest absolute Gasteiger partial charge is 0.178 e. The summed E-state index contributed by atoms with van der Waals surface area (Å²) in [7, 11) is 0. The van der Waals surface area contributed by atoms with Crippen molar-refractivity contribution in [3.05, 3.63) is 42.2 Å². The highest BCUT2D eigenvalue weighted by Gasteiger charge is 2.20. The second-order valence-electron chi connectivity index (χ2n) is 6.89. The van der Waals surface area contributed by atoms with Crippen LogP contribution in [0.25, 0.3) is 21.9 Å². The Labute approximate surface area is 145 Å². The number of hydrogen-bond donors (Lipinski definition) is 2. The van der Waals surface area contributed by atoms with Gasteiger partial charge in [0.25, 0.3) is 0 Å². The number of anilines is 2. The van der Waals surface area contributed by atoms with Crippen LogP contribution in [0.3, 0.4) is 0 Å². The molecule has 3 aromatic heterocycles. The van der Waals surface area contributed by atoms with E-state index >= 15 is 0 Å². The average molecular weight is 332 g/mol. The van der Waals surface area contributed by atoms with Crippen LogP contribution in [0.1, 0.15) is 25.0 Å². The predicted octanol–water partition coefficient (Wildman–Crippen LogP) is 4.16. The molecule has 1 saturated carbocycles. The fourth-order valence-corrected chi connectivity index (χ4v) is 3.52. The molecule has 2 N–H and O–H groups in total. The number of aromatic nitrogens is 5. The number of aryl methyl sites for hydroxylation is 1. The van der Waals surface area contributed by atoms with Crippen LogP contribution >= 0.6 is 0 Å². The molecule has 1 aliphatic carbocycles. The maximum absolute atomic E-state index is 4.82. The molecule has 0 amide bonds. The molecular weight excluding hydrogens is 312 g/mol. The fourth-order valence-electron chi connectivity index (χ4n) is 3.52. The molecule has 0 aliphatic heterocycles. The first-order valence-corrected chi connectivity index (χ1v) is 8.81. The van der Waals surface area contributed by atoms with Gasteiger partial charge in [0.15, 0.2) is 5.82 Å². The molecule has 0 unspecified atom stereocenters. The highest BCUT2D eigenvalue weighted by atomic mass is 15.3. The molecule has 1 aliphatic rings. The molecule has 4 aromatic rings. The lowest BCUT2D eigenvalue weighted by Gasteiger charge is -2.25. The summed E-state index contributed by atoms with van der Waals surface area (Å²) in [5.41, 5.74) is 5.01. The molecule has 6 heteroatoms. The van der Waals surface area contributed by atoms with Crippen molar-refractivity contribution in [1.82, 2.24) is 25.0 Å². The van der Waals surface area contributed by atoms with Crippen molar-refractivity contribution in [2.24, 2.45) is 5.92 Å². The van der Waals surface area contributed by atoms with Gasteiger partial charge in [-0.25, -0.2) is 0 Å². The predicted molar refractivity (Wildman–Crippen MR) is 99.0 cm³/mol. The van der Waals surface area contributed by atoms with Crippen LogP contribution in [-0.2, 0) is 6.54 Å². The van der Waals surface area contributed by atoms with Crippen molar-refractivity contribution in [1.29, 1.82) is 0 Å². The molecule has 126 valence electrons. The van der Waals surface area contributed by atoms with E-state index in [2.05, 4.69) is 50.3 Å². The molecule has 0 spiro atoms. The Morgan fingerprint density at radius 1 is 1.28 bits per heavy atom. The van der Waals surface area contributed by atoms with E-state index in [1.165, 1.54) is 30.3 Å². The maximum Gasteiger partial charge on any atom is 0.178 e. The zero-order valence-electron chi connectivity index (χ0n) is 14.2. The summed E-state index contributed by atoms with van der Waals surface area (Å²) in [6.07, 6.45) is 5.81. The molecule has 0 bridgehead atoms. The Morgan fingerprint density at radius 2 is 2.20 bits per heavy atom. The Bertz CT molecular complexity index is 1060. The van der Waals surface area contributed by atoms with Crippen molar-refractivity contribution < 1.29 is 0 Å². The molecule has 6 nitrogen and oxygen atoms in total. The zero-order chi connectivity index (χ0) is 16.8. The molecule has 3 heterocycles. The van der Waals surface area contributed by atoms with Crippen LogP contribution in [0.4, 0.5) is 11.5 Å². The summed E-state index contributed by atoms with van der Waals surface area (Å²) in [5.74, 6) is 1.53. The van der Waals surface area contributed by atoms with E-state index in [0.29, 0.717) is 0 Å². The van der Waals surface area contributed by atoms with Crippen LogP contribution in [0.5, 0.6) is 0 Å². The largest absolute Gasteiger partial charge is 0.337 e. The summed E-state index contributed by atoms with van der Waals surface area (Å²) in [5, 5.41) is 16.7. The molecule has 25 heavy (non-hydrogen) atoms. The Balaban J connectivity index is 1.47. The average Bonchev–Trinajstić information content (AvgIpc) is 3.13. The summed E-state index contributed by atoms with van der Waals surface area (Å²) in [6.45, 7) is 3.20. The van der Waals surface area contributed by atoms with Gasteiger partial charge < -0.3 is 5.32 Å². The van der Waals surface area contributed by atoms with Crippen molar-refractivity contribution in [2.45, 2.75) is 32.7 Å². The third-order valence-corrected chi connectivity index (χ3v) is 5.24. The number of benzene rings is 1. The lowest BCUT2D eigenvalue weighted by molar-refractivity contribution is 0.265. The minimum atomic E-state index is 0.737. The van der Waals surface area contributed by atoms with Crippen LogP contribution < -0.4 is 5.32 Å². The van der Waals surface area contributed by atoms with Gasteiger partial charge in [0, 0.05) is 29.5 Å². The van der Waals surface area contributed by atoms with Crippen LogP contribution in [0.15, 0.2) is 36.5 Å². The molecule has 5 rings (SSSR count). The number of hydrogen-bond acceptors (Lipinski definition) is 4. The molecule has 1 aromatic carbocycles. The topological polar surface area (TPSA) is 71.4 Å². The first-order valence-electron chi connectivity index (χ1n) is 8.81. The Hall–Kier alpha value is -2.89. The molecular formula is C19H20N6. The number of H-pyrrole nitrogens is 1. The highest BCUT2D eigenvalue weighted by molar-refractivity contribution is 5.90. The Morgan fingerprint density at radius 3 is 3.04 bits per heavy atom. The third-order valence-electron chi connectivity index (χ3n) is 5.24. The van der Waals surface area contributed by atoms with Crippen molar-refractivity contribution in [3.8, 4) is 0 Å². The van der Waals surface area contributed by atoms with Crippen molar-refractivity contribution in [3.63, 3.8) is 0 Å². The van der Waals surface area contributed by atoms with E-state index in [9.17, 15) is 0 Å². The van der Waals surface area contributed by atoms with Gasteiger partial charge in [0.1, 0.15) is 5.52 Å². The number of aromatic amines is 1. The number of nitrogens with zero attached hydrogens (tertiary/aromatic N) is 4. The normalized spacial score (nSPS) is 14.9. The lowest BCUT2D eigenvalue weighted by Crippen LogP contribution is -2.19. The van der Waals surface area contributed by atoms with E-state index < -0.39 is 0 Å². The minimum Gasteiger partial charge on any atom is -0.337 e. The van der Waals surface area contributed by atoms with Gasteiger partial charge in [0.05, 0.1) is 11.0 Å². The summed E-state index contributed by atoms with van der Waals surface area (Å²) < 4.78 is 2.17. The Kier molecular flexibility index (Phi) is 3.23. The second-order valence-corrected chi connectivity index (χ2v) is 6.89. The summed E-state index contributed by atoms with van der Waals surface area (Å²) in [6, 6.07) is 10.2. The van der Waals surface area contributed by atoms with Gasteiger partial charge in [-0.05, 0) is 56.0 Å². The number of nitrogens with one attached hydrogen (secondary N) is 2. The van der Waals surface area contributed by atoms with E-state index in [-0.39, 0.29) is 0 Å². The van der Waals surface area contributed by atoms with E-state index in [1.54, 1.807) is 6.20 Å². The monoisotopic (exact) mass is 332 g/mol. The first-order chi connectivity index (χ1) is 12.3. The quantitative estimate of drug-likeness (QED) is 0.588. The minimum absolute atomic E-state index is 0.737. The molecule has 0 radical (unpaired) electrons. The fraction of sp³-hybridized carbons (Fsp3) is 0.316. The standard InChI is InChI=1S/C19H20N6/c1-12-15-8-7-14(10-17(15)24-25(12)11-13-4-2-5-13)21-19-18-16(22-23-19)6-3-9-20-18/h3,6-10,13H,2,4-5,11H2,1H3,(H2,21,22,23). The van der Waals surface area contributed by atoms with Gasteiger partial charge >= 0.3 is 0 Å². The zero-order valence-corrected chi connectivity index (χ0v) is 14.2. The van der Waals surface area contributed by atoms with Crippen LogP contribution in [-0.4, -0.2) is 25.0 Å². The van der Waals surface area contributed by atoms with Gasteiger partial charge in [-0.15, -0.1) is 0 Å². The van der Waals surface area contributed by atoms with Gasteiger partial charge in [-0.1, -0.05) is 6.42 Å². The highest BCUT2D eigenvalue weighted by Crippen LogP contribution is 2.30. The molecule has 0 saturated heterocycles. The molecule has 0 atom stereocenters. The number of pyridine rings is 1. The van der Waals surface area contributed by atoms with Gasteiger partial charge in [-0.2, -0.15) is 10.2 Å². The molecule has 1 fully saturated rings. The SMILES string of the molecule is Cc1c2ccc(Nc3n[nH]c4cccnc34)cc2nn1CC1CCC1. The maximum atomic E-state index is 4.82. The third kappa shape index (κ3) is 2.45. The van der Waals surface area contributed by atoms with Crippen LogP contribution in [0, 0.1) is 12.8 Å². The first kappa shape index (κ1) is 14.5. The van der Waals surface area contributed by atoms with E-state index in [0.717, 1.165) is 40.5 Å². The lowest BCUT2D eigenvalue weighted by atomic mass is 9.85. The summed E-state index contributed by atoms with van der Waals surface area (Å²) >= 11 is 0. The number of fused-ring (bicyclic) bond motifs is 2. The van der Waals surface area contributed by atoms with E-state index in [1.807, 2.05) is 12.1 Å². The van der Waals surface area contributed by atoms with Gasteiger partial charge in [0.2, 0.25) is 0 Å². The summed E-state index contributed by atoms with van der Waals surface area (Å²) in [4.78, 5) is 4.39. The van der Waals surface area contributed by atoms with Crippen molar-refractivity contribution in [2.75, 3.05) is 5.32 Å². The number of rotatable bonds is 4.